The first-order valence-electron chi connectivity index (χ1n) is 5.91. The number of pyridine rings is 1. The summed E-state index contributed by atoms with van der Waals surface area (Å²) in [5.74, 6) is 0.628. The zero-order valence-electron chi connectivity index (χ0n) is 10.0. The summed E-state index contributed by atoms with van der Waals surface area (Å²) in [4.78, 5) is 4.35. The Bertz CT molecular complexity index is 345. The summed E-state index contributed by atoms with van der Waals surface area (Å²) in [6, 6.07) is 4.10. The Morgan fingerprint density at radius 1 is 1.50 bits per heavy atom. The summed E-state index contributed by atoms with van der Waals surface area (Å²) < 4.78 is 0. The molecule has 1 aliphatic rings. The summed E-state index contributed by atoms with van der Waals surface area (Å²) in [6.45, 7) is 5.06. The van der Waals surface area contributed by atoms with Gasteiger partial charge in [-0.25, -0.2) is 0 Å². The SMILES string of the molecule is Cc1ccc(CNC(C)(CO)C2CC2)nc1. The van der Waals surface area contributed by atoms with Crippen molar-refractivity contribution in [2.24, 2.45) is 5.92 Å². The van der Waals surface area contributed by atoms with Crippen molar-refractivity contribution in [2.75, 3.05) is 6.61 Å². The van der Waals surface area contributed by atoms with Crippen LogP contribution in [0.25, 0.3) is 0 Å². The molecule has 0 aromatic carbocycles. The van der Waals surface area contributed by atoms with E-state index in [2.05, 4.69) is 23.3 Å². The number of aliphatic hydroxyl groups excluding tert-OH is 1. The van der Waals surface area contributed by atoms with Crippen molar-refractivity contribution in [1.82, 2.24) is 10.3 Å². The molecular weight excluding hydrogens is 200 g/mol. The molecule has 2 rings (SSSR count). The quantitative estimate of drug-likeness (QED) is 0.793. The van der Waals surface area contributed by atoms with Crippen molar-refractivity contribution in [3.63, 3.8) is 0 Å². The number of hydrogen-bond acceptors (Lipinski definition) is 3. The van der Waals surface area contributed by atoms with Crippen LogP contribution in [0.15, 0.2) is 18.3 Å². The Morgan fingerprint density at radius 2 is 2.25 bits per heavy atom. The van der Waals surface area contributed by atoms with Gasteiger partial charge in [0.1, 0.15) is 0 Å². The Balaban J connectivity index is 1.92. The van der Waals surface area contributed by atoms with Gasteiger partial charge in [0.2, 0.25) is 0 Å². The molecule has 0 spiro atoms. The number of hydrogen-bond donors (Lipinski definition) is 2. The number of nitrogens with one attached hydrogen (secondary N) is 1. The predicted octanol–water partition coefficient (Wildman–Crippen LogP) is 1.64. The van der Waals surface area contributed by atoms with Crippen molar-refractivity contribution in [3.8, 4) is 0 Å². The molecule has 1 saturated carbocycles. The van der Waals surface area contributed by atoms with E-state index in [4.69, 9.17) is 0 Å². The van der Waals surface area contributed by atoms with Crippen LogP contribution in [0.1, 0.15) is 31.0 Å². The van der Waals surface area contributed by atoms with Crippen molar-refractivity contribution in [3.05, 3.63) is 29.6 Å². The third-order valence-electron chi connectivity index (χ3n) is 3.45. The van der Waals surface area contributed by atoms with E-state index >= 15 is 0 Å². The maximum Gasteiger partial charge on any atom is 0.0613 e. The lowest BCUT2D eigenvalue weighted by molar-refractivity contribution is 0.153. The average molecular weight is 220 g/mol. The molecule has 1 aromatic heterocycles. The van der Waals surface area contributed by atoms with Gasteiger partial charge in [-0.2, -0.15) is 0 Å². The lowest BCUT2D eigenvalue weighted by atomic mass is 9.97. The minimum absolute atomic E-state index is 0.132. The van der Waals surface area contributed by atoms with Gasteiger partial charge in [-0.1, -0.05) is 6.07 Å². The Labute approximate surface area is 96.9 Å². The van der Waals surface area contributed by atoms with Gasteiger partial charge in [0.15, 0.2) is 0 Å². The second kappa shape index (κ2) is 4.52. The van der Waals surface area contributed by atoms with Gasteiger partial charge in [0, 0.05) is 18.3 Å². The van der Waals surface area contributed by atoms with Gasteiger partial charge < -0.3 is 10.4 Å². The number of aliphatic hydroxyl groups is 1. The Kier molecular flexibility index (Phi) is 3.26. The minimum atomic E-state index is -0.132. The zero-order chi connectivity index (χ0) is 11.6. The van der Waals surface area contributed by atoms with Crippen LogP contribution in [0.4, 0.5) is 0 Å². The maximum absolute atomic E-state index is 9.43. The summed E-state index contributed by atoms with van der Waals surface area (Å²) >= 11 is 0. The van der Waals surface area contributed by atoms with Crippen molar-refractivity contribution < 1.29 is 5.11 Å². The molecule has 3 heteroatoms. The van der Waals surface area contributed by atoms with Crippen LogP contribution in [-0.2, 0) is 6.54 Å². The smallest absolute Gasteiger partial charge is 0.0613 e. The van der Waals surface area contributed by atoms with Crippen LogP contribution >= 0.6 is 0 Å². The maximum atomic E-state index is 9.43. The van der Waals surface area contributed by atoms with Crippen molar-refractivity contribution in [2.45, 2.75) is 38.8 Å². The number of aromatic nitrogens is 1. The Hall–Kier alpha value is -0.930. The number of rotatable bonds is 5. The highest BCUT2D eigenvalue weighted by Crippen LogP contribution is 2.39. The molecule has 1 heterocycles. The second-order valence-corrected chi connectivity index (χ2v) is 5.03. The van der Waals surface area contributed by atoms with Gasteiger partial charge in [-0.15, -0.1) is 0 Å². The highest BCUT2D eigenvalue weighted by Gasteiger charge is 2.40. The first-order valence-corrected chi connectivity index (χ1v) is 5.91. The van der Waals surface area contributed by atoms with E-state index in [1.165, 1.54) is 18.4 Å². The molecule has 1 unspecified atom stereocenters. The fourth-order valence-electron chi connectivity index (χ4n) is 1.95. The van der Waals surface area contributed by atoms with E-state index in [0.717, 1.165) is 12.2 Å². The summed E-state index contributed by atoms with van der Waals surface area (Å²) in [6.07, 6.45) is 4.33. The second-order valence-electron chi connectivity index (χ2n) is 5.03. The summed E-state index contributed by atoms with van der Waals surface area (Å²) in [7, 11) is 0. The van der Waals surface area contributed by atoms with Gasteiger partial charge in [-0.05, 0) is 44.2 Å². The first-order chi connectivity index (χ1) is 7.64. The van der Waals surface area contributed by atoms with E-state index in [-0.39, 0.29) is 12.1 Å². The van der Waals surface area contributed by atoms with Crippen molar-refractivity contribution in [1.29, 1.82) is 0 Å². The van der Waals surface area contributed by atoms with Crippen LogP contribution in [0.3, 0.4) is 0 Å². The topological polar surface area (TPSA) is 45.1 Å². The third-order valence-corrected chi connectivity index (χ3v) is 3.45. The van der Waals surface area contributed by atoms with Crippen LogP contribution in [0.2, 0.25) is 0 Å². The molecule has 1 aromatic rings. The number of aryl methyl sites for hydroxylation is 1. The monoisotopic (exact) mass is 220 g/mol. The lowest BCUT2D eigenvalue weighted by Crippen LogP contribution is -2.47. The molecule has 0 bridgehead atoms. The lowest BCUT2D eigenvalue weighted by Gasteiger charge is -2.28. The zero-order valence-corrected chi connectivity index (χ0v) is 10.0. The molecule has 0 amide bonds. The normalized spacial score (nSPS) is 19.4. The molecule has 3 nitrogen and oxygen atoms in total. The number of nitrogens with zero attached hydrogens (tertiary/aromatic N) is 1. The van der Waals surface area contributed by atoms with Gasteiger partial charge in [-0.3, -0.25) is 4.98 Å². The molecule has 1 aliphatic carbocycles. The van der Waals surface area contributed by atoms with E-state index < -0.39 is 0 Å². The molecule has 16 heavy (non-hydrogen) atoms. The average Bonchev–Trinajstić information content (AvgIpc) is 3.12. The van der Waals surface area contributed by atoms with Crippen LogP contribution in [0, 0.1) is 12.8 Å². The largest absolute Gasteiger partial charge is 0.394 e. The van der Waals surface area contributed by atoms with Gasteiger partial charge >= 0.3 is 0 Å². The van der Waals surface area contributed by atoms with Crippen LogP contribution in [-0.4, -0.2) is 22.2 Å². The molecule has 1 fully saturated rings. The molecule has 1 atom stereocenters. The molecule has 0 aliphatic heterocycles. The molecular formula is C13H20N2O. The summed E-state index contributed by atoms with van der Waals surface area (Å²) in [5, 5.41) is 12.9. The first kappa shape index (κ1) is 11.6. The third kappa shape index (κ3) is 2.60. The van der Waals surface area contributed by atoms with Gasteiger partial charge in [0.25, 0.3) is 0 Å². The standard InChI is InChI=1S/C13H20N2O/c1-10-3-6-12(14-7-10)8-15-13(2,9-16)11-4-5-11/h3,6-7,11,15-16H,4-5,8-9H2,1-2H3. The van der Waals surface area contributed by atoms with Crippen LogP contribution < -0.4 is 5.32 Å². The molecule has 0 radical (unpaired) electrons. The highest BCUT2D eigenvalue weighted by atomic mass is 16.3. The van der Waals surface area contributed by atoms with Crippen LogP contribution in [0.5, 0.6) is 0 Å². The van der Waals surface area contributed by atoms with Gasteiger partial charge in [0.05, 0.1) is 12.3 Å². The summed E-state index contributed by atoms with van der Waals surface area (Å²) in [5.41, 5.74) is 2.08. The van der Waals surface area contributed by atoms with E-state index in [1.54, 1.807) is 0 Å². The highest BCUT2D eigenvalue weighted by molar-refractivity contribution is 5.12. The molecule has 0 saturated heterocycles. The minimum Gasteiger partial charge on any atom is -0.394 e. The fourth-order valence-corrected chi connectivity index (χ4v) is 1.95. The fraction of sp³-hybridized carbons (Fsp3) is 0.615. The molecule has 2 N–H and O–H groups in total. The van der Waals surface area contributed by atoms with Crippen molar-refractivity contribution >= 4 is 0 Å². The van der Waals surface area contributed by atoms with E-state index in [1.807, 2.05) is 19.2 Å². The predicted molar refractivity (Wildman–Crippen MR) is 64.0 cm³/mol. The van der Waals surface area contributed by atoms with E-state index in [9.17, 15) is 5.11 Å². The molecule has 88 valence electrons. The van der Waals surface area contributed by atoms with E-state index in [0.29, 0.717) is 5.92 Å². The Morgan fingerprint density at radius 3 is 2.75 bits per heavy atom.